The highest BCUT2D eigenvalue weighted by atomic mass is 16.6. The van der Waals surface area contributed by atoms with E-state index in [9.17, 15) is 9.59 Å². The summed E-state index contributed by atoms with van der Waals surface area (Å²) >= 11 is 0. The number of amides is 2. The molecule has 0 heterocycles. The van der Waals surface area contributed by atoms with Gasteiger partial charge < -0.3 is 20.1 Å². The fourth-order valence-corrected chi connectivity index (χ4v) is 4.07. The summed E-state index contributed by atoms with van der Waals surface area (Å²) in [5.74, 6) is 4.89. The molecule has 0 spiro atoms. The van der Waals surface area contributed by atoms with Crippen LogP contribution in [0.15, 0.2) is 49.1 Å². The second-order valence-electron chi connectivity index (χ2n) is 10.4. The van der Waals surface area contributed by atoms with Crippen LogP contribution in [0.5, 0.6) is 0 Å². The molecule has 2 rings (SSSR count). The first kappa shape index (κ1) is 30.7. The van der Waals surface area contributed by atoms with E-state index >= 15 is 0 Å². The Morgan fingerprint density at radius 1 is 1.13 bits per heavy atom. The Kier molecular flexibility index (Phi) is 12.6. The minimum atomic E-state index is -0.812. The number of hydrogen-bond donors (Lipinski definition) is 2. The zero-order valence-corrected chi connectivity index (χ0v) is 23.0. The van der Waals surface area contributed by atoms with Crippen LogP contribution in [0.1, 0.15) is 77.7 Å². The van der Waals surface area contributed by atoms with E-state index in [1.165, 1.54) is 0 Å². The summed E-state index contributed by atoms with van der Waals surface area (Å²) in [6.07, 6.45) is 12.4. The summed E-state index contributed by atoms with van der Waals surface area (Å²) < 4.78 is 11.7. The molecule has 38 heavy (non-hydrogen) atoms. The lowest BCUT2D eigenvalue weighted by atomic mass is 9.86. The highest BCUT2D eigenvalue weighted by molar-refractivity contribution is 5.96. The molecule has 0 radical (unpaired) electrons. The zero-order chi connectivity index (χ0) is 27.9. The average Bonchev–Trinajstić information content (AvgIpc) is 2.87. The number of allylic oxidation sites excluding steroid dienone is 2. The summed E-state index contributed by atoms with van der Waals surface area (Å²) in [6.45, 7) is 10.6. The van der Waals surface area contributed by atoms with E-state index in [1.807, 2.05) is 20.8 Å². The van der Waals surface area contributed by atoms with Gasteiger partial charge in [0.2, 0.25) is 5.91 Å². The van der Waals surface area contributed by atoms with Crippen molar-refractivity contribution < 1.29 is 19.1 Å². The van der Waals surface area contributed by atoms with Crippen LogP contribution in [0.25, 0.3) is 0 Å². The molecule has 1 aliphatic carbocycles. The van der Waals surface area contributed by atoms with E-state index in [0.717, 1.165) is 44.9 Å². The Balaban J connectivity index is 1.71. The van der Waals surface area contributed by atoms with Crippen molar-refractivity contribution in [1.82, 2.24) is 5.32 Å². The lowest BCUT2D eigenvalue weighted by Crippen LogP contribution is -2.35. The number of anilines is 1. The van der Waals surface area contributed by atoms with E-state index in [2.05, 4.69) is 41.2 Å². The number of carbonyl (C=O) groups excluding carboxylic acids is 2. The first-order valence-electron chi connectivity index (χ1n) is 13.4. The predicted octanol–water partition coefficient (Wildman–Crippen LogP) is 6.27. The molecule has 1 unspecified atom stereocenters. The molecule has 1 aliphatic rings. The normalized spacial score (nSPS) is 17.7. The second-order valence-corrected chi connectivity index (χ2v) is 10.4. The Morgan fingerprint density at radius 2 is 1.87 bits per heavy atom. The molecule has 7 nitrogen and oxygen atoms in total. The topological polar surface area (TPSA) is 100 Å². The molecule has 0 aromatic heterocycles. The van der Waals surface area contributed by atoms with Crippen molar-refractivity contribution in [3.63, 3.8) is 0 Å². The van der Waals surface area contributed by atoms with Crippen LogP contribution in [-0.4, -0.2) is 36.9 Å². The number of hydrogen-bond acceptors (Lipinski definition) is 5. The largest absolute Gasteiger partial charge is 0.446 e. The molecule has 2 amide bonds. The van der Waals surface area contributed by atoms with Crippen LogP contribution in [-0.2, 0) is 14.3 Å². The summed E-state index contributed by atoms with van der Waals surface area (Å²) in [4.78, 5) is 25.1. The van der Waals surface area contributed by atoms with Crippen LogP contribution in [0.2, 0.25) is 0 Å². The van der Waals surface area contributed by atoms with Gasteiger partial charge in [-0.15, -0.1) is 6.58 Å². The molecule has 1 aromatic rings. The monoisotopic (exact) mass is 519 g/mol. The van der Waals surface area contributed by atoms with Crippen molar-refractivity contribution in [3.05, 3.63) is 54.6 Å². The van der Waals surface area contributed by atoms with E-state index in [4.69, 9.17) is 14.7 Å². The van der Waals surface area contributed by atoms with Crippen LogP contribution < -0.4 is 10.6 Å². The zero-order valence-electron chi connectivity index (χ0n) is 23.0. The van der Waals surface area contributed by atoms with Gasteiger partial charge >= 0.3 is 6.09 Å². The molecule has 0 fully saturated rings. The highest BCUT2D eigenvalue weighted by Gasteiger charge is 2.31. The Morgan fingerprint density at radius 3 is 2.58 bits per heavy atom. The number of nitriles is 1. The van der Waals surface area contributed by atoms with Crippen molar-refractivity contribution >= 4 is 17.7 Å². The standard InChI is InChI=1S/C31H41N3O4/c1-5-31(4,28(35)34-26-18-16-25(17-19-26)13-11-22-32)21-24-37-30(2,3)20-12-23-33-29(36)38-27-14-9-7-6-8-10-15-27/h5-7,16-19,27H,1,8-10,12,14-15,20-21,23-24H2,2-4H3,(H,33,36)(H,34,35)/b7-6+/t27-,31?/m1/s1. The van der Waals surface area contributed by atoms with Gasteiger partial charge in [0.25, 0.3) is 0 Å². The van der Waals surface area contributed by atoms with Crippen molar-refractivity contribution in [1.29, 1.82) is 5.26 Å². The van der Waals surface area contributed by atoms with E-state index in [0.29, 0.717) is 30.8 Å². The number of nitrogens with zero attached hydrogens (tertiary/aromatic N) is 1. The Labute approximate surface area is 227 Å². The van der Waals surface area contributed by atoms with Gasteiger partial charge in [-0.25, -0.2) is 4.79 Å². The van der Waals surface area contributed by atoms with E-state index < -0.39 is 11.0 Å². The third-order valence-electron chi connectivity index (χ3n) is 6.71. The van der Waals surface area contributed by atoms with Gasteiger partial charge in [0.05, 0.1) is 11.0 Å². The molecule has 7 heteroatoms. The van der Waals surface area contributed by atoms with Crippen molar-refractivity contribution in [2.45, 2.75) is 83.8 Å². The average molecular weight is 520 g/mol. The van der Waals surface area contributed by atoms with Gasteiger partial charge in [-0.05, 0) is 96.4 Å². The minimum absolute atomic E-state index is 0.0146. The second kappa shape index (κ2) is 15.6. The van der Waals surface area contributed by atoms with Crippen LogP contribution in [0.4, 0.5) is 10.5 Å². The van der Waals surface area contributed by atoms with Crippen molar-refractivity contribution in [2.75, 3.05) is 18.5 Å². The maximum absolute atomic E-state index is 13.0. The maximum atomic E-state index is 13.0. The fraction of sp³-hybridized carbons (Fsp3) is 0.516. The molecule has 2 atom stereocenters. The molecular weight excluding hydrogens is 478 g/mol. The highest BCUT2D eigenvalue weighted by Crippen LogP contribution is 2.27. The summed E-state index contributed by atoms with van der Waals surface area (Å²) in [5.41, 5.74) is 0.125. The van der Waals surface area contributed by atoms with Gasteiger partial charge in [-0.1, -0.05) is 24.1 Å². The van der Waals surface area contributed by atoms with Gasteiger partial charge in [0, 0.05) is 30.3 Å². The maximum Gasteiger partial charge on any atom is 0.407 e. The summed E-state index contributed by atoms with van der Waals surface area (Å²) in [5, 5.41) is 14.3. The molecule has 0 saturated carbocycles. The number of alkyl carbamates (subject to hydrolysis) is 1. The van der Waals surface area contributed by atoms with Gasteiger partial charge in [-0.2, -0.15) is 5.26 Å². The van der Waals surface area contributed by atoms with Crippen LogP contribution in [0, 0.1) is 28.6 Å². The van der Waals surface area contributed by atoms with Gasteiger partial charge in [-0.3, -0.25) is 4.79 Å². The summed E-state index contributed by atoms with van der Waals surface area (Å²) in [7, 11) is 0. The number of carbonyl (C=O) groups is 2. The van der Waals surface area contributed by atoms with E-state index in [1.54, 1.807) is 36.4 Å². The van der Waals surface area contributed by atoms with Gasteiger partial charge in [0.1, 0.15) is 6.10 Å². The molecule has 2 N–H and O–H groups in total. The lowest BCUT2D eigenvalue weighted by Gasteiger charge is -2.29. The van der Waals surface area contributed by atoms with Crippen LogP contribution in [0.3, 0.4) is 0 Å². The first-order chi connectivity index (χ1) is 18.2. The Hall–Kier alpha value is -3.55. The summed E-state index contributed by atoms with van der Waals surface area (Å²) in [6, 6.07) is 8.78. The minimum Gasteiger partial charge on any atom is -0.446 e. The predicted molar refractivity (Wildman–Crippen MR) is 150 cm³/mol. The lowest BCUT2D eigenvalue weighted by molar-refractivity contribution is -0.124. The van der Waals surface area contributed by atoms with Gasteiger partial charge in [0.15, 0.2) is 6.07 Å². The van der Waals surface area contributed by atoms with Crippen molar-refractivity contribution in [3.8, 4) is 17.9 Å². The smallest absolute Gasteiger partial charge is 0.407 e. The molecule has 0 aliphatic heterocycles. The van der Waals surface area contributed by atoms with Crippen molar-refractivity contribution in [2.24, 2.45) is 5.41 Å². The number of ether oxygens (including phenoxy) is 2. The number of benzene rings is 1. The van der Waals surface area contributed by atoms with E-state index in [-0.39, 0.29) is 18.1 Å². The molecule has 204 valence electrons. The number of rotatable bonds is 12. The molecule has 0 bridgehead atoms. The number of nitrogens with one attached hydrogen (secondary N) is 2. The fourth-order valence-electron chi connectivity index (χ4n) is 4.07. The third-order valence-corrected chi connectivity index (χ3v) is 6.71. The first-order valence-corrected chi connectivity index (χ1v) is 13.4. The molecule has 0 saturated heterocycles. The third kappa shape index (κ3) is 11.2. The molecular formula is C31H41N3O4. The van der Waals surface area contributed by atoms with Crippen LogP contribution >= 0.6 is 0 Å². The quantitative estimate of drug-likeness (QED) is 0.192. The molecule has 1 aromatic carbocycles. The SMILES string of the molecule is C=CC(C)(CCOC(C)(C)CCCNC(=O)O[C@@H]1CC/C=C/CCC1)C(=O)Nc1ccc(C#CC#N)cc1. The Bertz CT molecular complexity index is 1060.